The summed E-state index contributed by atoms with van der Waals surface area (Å²) >= 11 is 2.12. The molecule has 1 aliphatic carbocycles. The number of hydrogen-bond donors (Lipinski definition) is 1. The van der Waals surface area contributed by atoms with E-state index in [1.807, 2.05) is 0 Å². The van der Waals surface area contributed by atoms with Crippen molar-refractivity contribution in [2.24, 2.45) is 0 Å². The summed E-state index contributed by atoms with van der Waals surface area (Å²) in [6.07, 6.45) is 9.56. The lowest BCUT2D eigenvalue weighted by Crippen LogP contribution is -2.50. The fraction of sp³-hybridized carbons (Fsp3) is 1.00. The molecule has 1 aliphatic heterocycles. The zero-order valence-corrected chi connectivity index (χ0v) is 10.7. The van der Waals surface area contributed by atoms with Crippen molar-refractivity contribution in [2.75, 3.05) is 39.0 Å². The van der Waals surface area contributed by atoms with Crippen molar-refractivity contribution < 1.29 is 0 Å². The molecular formula is C12H24N2S. The molecule has 0 atom stereocenters. The normalized spacial score (nSPS) is 27.8. The first kappa shape index (κ1) is 11.7. The molecule has 88 valence electrons. The van der Waals surface area contributed by atoms with Crippen molar-refractivity contribution in [1.29, 1.82) is 0 Å². The average molecular weight is 228 g/mol. The Morgan fingerprint density at radius 3 is 2.40 bits per heavy atom. The molecular weight excluding hydrogens is 204 g/mol. The minimum absolute atomic E-state index is 0.593. The standard InChI is InChI=1S/C12H24N2S/c1-15-12(5-3-2-4-6-12)11-14-9-7-13-8-10-14/h13H,2-11H2,1H3. The number of thioether (sulfide) groups is 1. The highest BCUT2D eigenvalue weighted by Gasteiger charge is 2.33. The van der Waals surface area contributed by atoms with Crippen molar-refractivity contribution in [3.8, 4) is 0 Å². The van der Waals surface area contributed by atoms with Gasteiger partial charge in [0.25, 0.3) is 0 Å². The van der Waals surface area contributed by atoms with Crippen LogP contribution >= 0.6 is 11.8 Å². The molecule has 2 fully saturated rings. The number of nitrogens with zero attached hydrogens (tertiary/aromatic N) is 1. The van der Waals surface area contributed by atoms with Crippen LogP contribution in [0.5, 0.6) is 0 Å². The van der Waals surface area contributed by atoms with Crippen LogP contribution in [0.3, 0.4) is 0 Å². The van der Waals surface area contributed by atoms with Crippen LogP contribution in [0, 0.1) is 0 Å². The van der Waals surface area contributed by atoms with Crippen molar-refractivity contribution in [1.82, 2.24) is 10.2 Å². The maximum Gasteiger partial charge on any atom is 0.0284 e. The minimum Gasteiger partial charge on any atom is -0.314 e. The molecule has 2 aliphatic rings. The van der Waals surface area contributed by atoms with Gasteiger partial charge in [-0.1, -0.05) is 19.3 Å². The Kier molecular flexibility index (Phi) is 4.35. The topological polar surface area (TPSA) is 15.3 Å². The maximum atomic E-state index is 3.43. The lowest BCUT2D eigenvalue weighted by atomic mass is 9.87. The summed E-state index contributed by atoms with van der Waals surface area (Å²) < 4.78 is 0.593. The smallest absolute Gasteiger partial charge is 0.0284 e. The summed E-state index contributed by atoms with van der Waals surface area (Å²) in [6.45, 7) is 6.20. The largest absolute Gasteiger partial charge is 0.314 e. The molecule has 0 aromatic rings. The van der Waals surface area contributed by atoms with Gasteiger partial charge in [0.2, 0.25) is 0 Å². The van der Waals surface area contributed by atoms with E-state index in [4.69, 9.17) is 0 Å². The monoisotopic (exact) mass is 228 g/mol. The predicted molar refractivity (Wildman–Crippen MR) is 68.6 cm³/mol. The first-order chi connectivity index (χ1) is 7.35. The van der Waals surface area contributed by atoms with E-state index in [0.29, 0.717) is 4.75 Å². The number of nitrogens with one attached hydrogen (secondary N) is 1. The van der Waals surface area contributed by atoms with Crippen LogP contribution in [0.15, 0.2) is 0 Å². The first-order valence-electron chi connectivity index (χ1n) is 6.33. The van der Waals surface area contributed by atoms with Gasteiger partial charge < -0.3 is 5.32 Å². The lowest BCUT2D eigenvalue weighted by molar-refractivity contribution is 0.199. The second-order valence-electron chi connectivity index (χ2n) is 4.97. The second-order valence-corrected chi connectivity index (χ2v) is 6.25. The van der Waals surface area contributed by atoms with Crippen LogP contribution in [0.25, 0.3) is 0 Å². The molecule has 0 radical (unpaired) electrons. The minimum atomic E-state index is 0.593. The van der Waals surface area contributed by atoms with Gasteiger partial charge in [-0.25, -0.2) is 0 Å². The van der Waals surface area contributed by atoms with Crippen LogP contribution in [-0.2, 0) is 0 Å². The SMILES string of the molecule is CSC1(CN2CCNCC2)CCCCC1. The van der Waals surface area contributed by atoms with Crippen molar-refractivity contribution in [2.45, 2.75) is 36.9 Å². The van der Waals surface area contributed by atoms with Crippen LogP contribution in [0.2, 0.25) is 0 Å². The summed E-state index contributed by atoms with van der Waals surface area (Å²) in [5, 5.41) is 3.43. The highest BCUT2D eigenvalue weighted by atomic mass is 32.2. The zero-order valence-electron chi connectivity index (χ0n) is 9.93. The van der Waals surface area contributed by atoms with Gasteiger partial charge in [-0.3, -0.25) is 4.90 Å². The average Bonchev–Trinajstić information content (AvgIpc) is 2.32. The number of hydrogen-bond acceptors (Lipinski definition) is 3. The van der Waals surface area contributed by atoms with Gasteiger partial charge in [-0.05, 0) is 19.1 Å². The molecule has 1 heterocycles. The van der Waals surface area contributed by atoms with Crippen molar-refractivity contribution >= 4 is 11.8 Å². The predicted octanol–water partition coefficient (Wildman–Crippen LogP) is 1.96. The second kappa shape index (κ2) is 5.55. The van der Waals surface area contributed by atoms with Gasteiger partial charge in [-0.15, -0.1) is 0 Å². The summed E-state index contributed by atoms with van der Waals surface area (Å²) in [5.74, 6) is 0. The number of rotatable bonds is 3. The summed E-state index contributed by atoms with van der Waals surface area (Å²) in [5.41, 5.74) is 0. The Balaban J connectivity index is 1.87. The van der Waals surface area contributed by atoms with Crippen molar-refractivity contribution in [3.05, 3.63) is 0 Å². The van der Waals surface area contributed by atoms with Gasteiger partial charge in [0.1, 0.15) is 0 Å². The van der Waals surface area contributed by atoms with E-state index in [-0.39, 0.29) is 0 Å². The van der Waals surface area contributed by atoms with E-state index < -0.39 is 0 Å². The third-order valence-electron chi connectivity index (χ3n) is 3.92. The van der Waals surface area contributed by atoms with Gasteiger partial charge in [0.15, 0.2) is 0 Å². The fourth-order valence-corrected chi connectivity index (χ4v) is 3.91. The molecule has 1 N–H and O–H groups in total. The zero-order chi connectivity index (χ0) is 10.6. The molecule has 2 rings (SSSR count). The van der Waals surface area contributed by atoms with Crippen LogP contribution in [-0.4, -0.2) is 48.6 Å². The maximum absolute atomic E-state index is 3.43. The summed E-state index contributed by atoms with van der Waals surface area (Å²) in [7, 11) is 0. The summed E-state index contributed by atoms with van der Waals surface area (Å²) in [6, 6.07) is 0. The Morgan fingerprint density at radius 1 is 1.13 bits per heavy atom. The molecule has 0 bridgehead atoms. The van der Waals surface area contributed by atoms with E-state index >= 15 is 0 Å². The molecule has 0 aromatic heterocycles. The molecule has 1 saturated heterocycles. The highest BCUT2D eigenvalue weighted by molar-refractivity contribution is 8.00. The molecule has 0 aromatic carbocycles. The molecule has 0 amide bonds. The van der Waals surface area contributed by atoms with E-state index in [2.05, 4.69) is 28.2 Å². The van der Waals surface area contributed by atoms with E-state index in [1.165, 1.54) is 64.8 Å². The quantitative estimate of drug-likeness (QED) is 0.795. The molecule has 0 unspecified atom stereocenters. The lowest BCUT2D eigenvalue weighted by Gasteiger charge is -2.41. The van der Waals surface area contributed by atoms with E-state index in [1.54, 1.807) is 0 Å². The van der Waals surface area contributed by atoms with Gasteiger partial charge in [0.05, 0.1) is 0 Å². The number of piperazine rings is 1. The van der Waals surface area contributed by atoms with Gasteiger partial charge >= 0.3 is 0 Å². The third-order valence-corrected chi connectivity index (χ3v) is 5.32. The Morgan fingerprint density at radius 2 is 1.80 bits per heavy atom. The first-order valence-corrected chi connectivity index (χ1v) is 7.55. The summed E-state index contributed by atoms with van der Waals surface area (Å²) in [4.78, 5) is 2.66. The highest BCUT2D eigenvalue weighted by Crippen LogP contribution is 2.39. The molecule has 15 heavy (non-hydrogen) atoms. The molecule has 1 saturated carbocycles. The molecule has 0 spiro atoms. The van der Waals surface area contributed by atoms with Crippen molar-refractivity contribution in [3.63, 3.8) is 0 Å². The third kappa shape index (κ3) is 3.11. The molecule has 2 nitrogen and oxygen atoms in total. The Hall–Kier alpha value is 0.270. The van der Waals surface area contributed by atoms with Gasteiger partial charge in [0, 0.05) is 37.5 Å². The van der Waals surface area contributed by atoms with Crippen LogP contribution in [0.4, 0.5) is 0 Å². The van der Waals surface area contributed by atoms with Crippen LogP contribution < -0.4 is 5.32 Å². The fourth-order valence-electron chi connectivity index (χ4n) is 2.90. The molecule has 3 heteroatoms. The Bertz CT molecular complexity index is 184. The van der Waals surface area contributed by atoms with E-state index in [0.717, 1.165) is 0 Å². The van der Waals surface area contributed by atoms with Crippen LogP contribution in [0.1, 0.15) is 32.1 Å². The van der Waals surface area contributed by atoms with Gasteiger partial charge in [-0.2, -0.15) is 11.8 Å². The van der Waals surface area contributed by atoms with E-state index in [9.17, 15) is 0 Å². The Labute approximate surface area is 98.2 Å².